The van der Waals surface area contributed by atoms with Gasteiger partial charge in [0.25, 0.3) is 5.56 Å². The number of hydrogen-bond donors (Lipinski definition) is 0. The van der Waals surface area contributed by atoms with Crippen LogP contribution < -0.4 is 10.3 Å². The van der Waals surface area contributed by atoms with E-state index in [1.54, 1.807) is 18.3 Å². The molecular formula is C29H23BrFN3O2. The first-order valence-corrected chi connectivity index (χ1v) is 12.5. The molecule has 0 amide bonds. The minimum absolute atomic E-state index is 0.198. The number of aryl methyl sites for hydroxylation is 1. The zero-order chi connectivity index (χ0) is 25.1. The molecule has 0 spiro atoms. The number of ether oxygens (including phenoxy) is 1. The highest BCUT2D eigenvalue weighted by molar-refractivity contribution is 9.10. The summed E-state index contributed by atoms with van der Waals surface area (Å²) >= 11 is 3.44. The number of benzene rings is 4. The number of aromatic nitrogens is 2. The third-order valence-corrected chi connectivity index (χ3v) is 6.36. The predicted molar refractivity (Wildman–Crippen MR) is 145 cm³/mol. The molecular weight excluding hydrogens is 521 g/mol. The minimum Gasteiger partial charge on any atom is -0.488 e. The van der Waals surface area contributed by atoms with Gasteiger partial charge in [0.05, 0.1) is 17.1 Å². The molecule has 0 saturated heterocycles. The van der Waals surface area contributed by atoms with Crippen molar-refractivity contribution in [3.8, 4) is 5.75 Å². The Balaban J connectivity index is 1.61. The largest absolute Gasteiger partial charge is 0.488 e. The van der Waals surface area contributed by atoms with Crippen molar-refractivity contribution in [1.82, 2.24) is 9.66 Å². The SMILES string of the molecule is CCCc1nc2ccc(Br)cc2c(=O)n1N=Cc1c(OCc2cccc(F)c2)ccc2ccccc12. The Morgan fingerprint density at radius 3 is 2.72 bits per heavy atom. The third kappa shape index (κ3) is 4.93. The van der Waals surface area contributed by atoms with E-state index in [2.05, 4.69) is 21.0 Å². The molecule has 36 heavy (non-hydrogen) atoms. The van der Waals surface area contributed by atoms with Crippen LogP contribution in [-0.2, 0) is 13.0 Å². The van der Waals surface area contributed by atoms with Gasteiger partial charge < -0.3 is 4.74 Å². The van der Waals surface area contributed by atoms with Gasteiger partial charge >= 0.3 is 0 Å². The average molecular weight is 544 g/mol. The van der Waals surface area contributed by atoms with E-state index in [1.807, 2.05) is 61.5 Å². The second-order valence-electron chi connectivity index (χ2n) is 8.42. The van der Waals surface area contributed by atoms with Gasteiger partial charge in [-0.2, -0.15) is 9.78 Å². The lowest BCUT2D eigenvalue weighted by atomic mass is 10.0. The molecule has 5 aromatic rings. The molecule has 1 aromatic heterocycles. The van der Waals surface area contributed by atoms with Crippen LogP contribution in [0.15, 0.2) is 93.2 Å². The van der Waals surface area contributed by atoms with Gasteiger partial charge in [0.1, 0.15) is 24.0 Å². The van der Waals surface area contributed by atoms with Crippen LogP contribution in [0.3, 0.4) is 0 Å². The summed E-state index contributed by atoms with van der Waals surface area (Å²) in [5.74, 6) is 0.869. The maximum absolute atomic E-state index is 13.6. The normalized spacial score (nSPS) is 11.5. The number of nitrogens with zero attached hydrogens (tertiary/aromatic N) is 3. The van der Waals surface area contributed by atoms with Gasteiger partial charge in [-0.05, 0) is 59.2 Å². The molecule has 5 rings (SSSR count). The summed E-state index contributed by atoms with van der Waals surface area (Å²) in [6, 6.07) is 23.5. The van der Waals surface area contributed by atoms with Gasteiger partial charge in [-0.15, -0.1) is 0 Å². The van der Waals surface area contributed by atoms with Gasteiger partial charge in [0.2, 0.25) is 0 Å². The van der Waals surface area contributed by atoms with Gasteiger partial charge in [-0.1, -0.05) is 65.3 Å². The number of rotatable bonds is 7. The van der Waals surface area contributed by atoms with Crippen molar-refractivity contribution in [3.05, 3.63) is 116 Å². The van der Waals surface area contributed by atoms with Gasteiger partial charge in [0, 0.05) is 16.5 Å². The van der Waals surface area contributed by atoms with Crippen molar-refractivity contribution in [2.75, 3.05) is 0 Å². The zero-order valence-corrected chi connectivity index (χ0v) is 21.2. The Hall–Kier alpha value is -3.84. The molecule has 4 aromatic carbocycles. The zero-order valence-electron chi connectivity index (χ0n) is 19.6. The van der Waals surface area contributed by atoms with E-state index in [4.69, 9.17) is 9.72 Å². The third-order valence-electron chi connectivity index (χ3n) is 5.87. The van der Waals surface area contributed by atoms with Crippen LogP contribution in [0.4, 0.5) is 4.39 Å². The molecule has 0 aliphatic heterocycles. The van der Waals surface area contributed by atoms with Crippen molar-refractivity contribution in [2.24, 2.45) is 5.10 Å². The number of hydrogen-bond acceptors (Lipinski definition) is 4. The summed E-state index contributed by atoms with van der Waals surface area (Å²) in [6.07, 6.45) is 3.08. The van der Waals surface area contributed by atoms with Crippen LogP contribution in [0.2, 0.25) is 0 Å². The second-order valence-corrected chi connectivity index (χ2v) is 9.33. The molecule has 180 valence electrons. The summed E-state index contributed by atoms with van der Waals surface area (Å²) in [5, 5.41) is 7.05. The van der Waals surface area contributed by atoms with Gasteiger partial charge in [-0.3, -0.25) is 4.79 Å². The molecule has 0 radical (unpaired) electrons. The van der Waals surface area contributed by atoms with Crippen molar-refractivity contribution < 1.29 is 9.13 Å². The van der Waals surface area contributed by atoms with Crippen LogP contribution in [0.1, 0.15) is 30.3 Å². The Bertz CT molecular complexity index is 1660. The van der Waals surface area contributed by atoms with Gasteiger partial charge in [0.15, 0.2) is 0 Å². The molecule has 0 unspecified atom stereocenters. The van der Waals surface area contributed by atoms with Crippen molar-refractivity contribution in [2.45, 2.75) is 26.4 Å². The topological polar surface area (TPSA) is 56.5 Å². The van der Waals surface area contributed by atoms with Crippen molar-refractivity contribution >= 4 is 43.8 Å². The monoisotopic (exact) mass is 543 g/mol. The van der Waals surface area contributed by atoms with Crippen molar-refractivity contribution in [1.29, 1.82) is 0 Å². The van der Waals surface area contributed by atoms with E-state index in [-0.39, 0.29) is 18.0 Å². The molecule has 0 aliphatic rings. The maximum atomic E-state index is 13.6. The molecule has 0 bridgehead atoms. The highest BCUT2D eigenvalue weighted by Crippen LogP contribution is 2.28. The molecule has 0 fully saturated rings. The number of halogens is 2. The molecule has 0 saturated carbocycles. The Morgan fingerprint density at radius 2 is 1.89 bits per heavy atom. The Labute approximate surface area is 216 Å². The molecule has 0 aliphatic carbocycles. The van der Waals surface area contributed by atoms with Gasteiger partial charge in [-0.25, -0.2) is 9.37 Å². The average Bonchev–Trinajstić information content (AvgIpc) is 2.88. The highest BCUT2D eigenvalue weighted by Gasteiger charge is 2.12. The summed E-state index contributed by atoms with van der Waals surface area (Å²) in [4.78, 5) is 18.1. The van der Waals surface area contributed by atoms with E-state index in [1.165, 1.54) is 16.8 Å². The molecule has 7 heteroatoms. The fraction of sp³-hybridized carbons (Fsp3) is 0.138. The molecule has 5 nitrogen and oxygen atoms in total. The maximum Gasteiger partial charge on any atom is 0.282 e. The van der Waals surface area contributed by atoms with Crippen LogP contribution in [-0.4, -0.2) is 15.9 Å². The second kappa shape index (κ2) is 10.4. The van der Waals surface area contributed by atoms with E-state index >= 15 is 0 Å². The standard InChI is InChI=1S/C29H23BrFN3O2/c1-2-6-28-33-26-13-12-21(30)16-24(26)29(35)34(28)32-17-25-23-10-4-3-8-20(23)11-14-27(25)36-18-19-7-5-9-22(31)15-19/h3-5,7-17H,2,6,18H2,1H3. The summed E-state index contributed by atoms with van der Waals surface area (Å²) in [6.45, 7) is 2.23. The molecule has 1 heterocycles. The van der Waals surface area contributed by atoms with Crippen LogP contribution in [0.25, 0.3) is 21.7 Å². The molecule has 0 N–H and O–H groups in total. The molecule has 0 atom stereocenters. The van der Waals surface area contributed by atoms with Crippen LogP contribution >= 0.6 is 15.9 Å². The van der Waals surface area contributed by atoms with Crippen LogP contribution in [0.5, 0.6) is 5.75 Å². The Kier molecular flexibility index (Phi) is 6.91. The smallest absolute Gasteiger partial charge is 0.282 e. The summed E-state index contributed by atoms with van der Waals surface area (Å²) in [5.41, 5.74) is 1.86. The predicted octanol–water partition coefficient (Wildman–Crippen LogP) is 6.87. The number of fused-ring (bicyclic) bond motifs is 2. The minimum atomic E-state index is -0.310. The lowest BCUT2D eigenvalue weighted by Gasteiger charge is -2.13. The summed E-state index contributed by atoms with van der Waals surface area (Å²) in [7, 11) is 0. The van der Waals surface area contributed by atoms with E-state index in [0.717, 1.165) is 32.8 Å². The summed E-state index contributed by atoms with van der Waals surface area (Å²) < 4.78 is 21.9. The van der Waals surface area contributed by atoms with Crippen LogP contribution in [0, 0.1) is 5.82 Å². The van der Waals surface area contributed by atoms with E-state index in [9.17, 15) is 9.18 Å². The van der Waals surface area contributed by atoms with E-state index < -0.39 is 0 Å². The lowest BCUT2D eigenvalue weighted by molar-refractivity contribution is 0.305. The lowest BCUT2D eigenvalue weighted by Crippen LogP contribution is -2.22. The first-order chi connectivity index (χ1) is 17.5. The van der Waals surface area contributed by atoms with Crippen molar-refractivity contribution in [3.63, 3.8) is 0 Å². The first kappa shape index (κ1) is 23.9. The fourth-order valence-corrected chi connectivity index (χ4v) is 4.50. The van der Waals surface area contributed by atoms with E-state index in [0.29, 0.717) is 28.9 Å². The highest BCUT2D eigenvalue weighted by atomic mass is 79.9. The quantitative estimate of drug-likeness (QED) is 0.210. The fourth-order valence-electron chi connectivity index (χ4n) is 4.14. The Morgan fingerprint density at radius 1 is 1.03 bits per heavy atom. The first-order valence-electron chi connectivity index (χ1n) is 11.7.